The molecule has 1 amide bonds. The molecule has 1 saturated heterocycles. The van der Waals surface area contributed by atoms with Gasteiger partial charge in [0.05, 0.1) is 12.0 Å². The van der Waals surface area contributed by atoms with Crippen molar-refractivity contribution in [1.82, 2.24) is 9.80 Å². The predicted molar refractivity (Wildman–Crippen MR) is 90.2 cm³/mol. The molecule has 3 rings (SSSR count). The van der Waals surface area contributed by atoms with Crippen molar-refractivity contribution in [3.63, 3.8) is 0 Å². The summed E-state index contributed by atoms with van der Waals surface area (Å²) < 4.78 is 10.7. The van der Waals surface area contributed by atoms with Gasteiger partial charge in [-0.15, -0.1) is 0 Å². The molecular formula is C18H26N2O4. The number of aliphatic hydroxyl groups is 1. The largest absolute Gasteiger partial charge is 0.454 e. The number of benzene rings is 1. The van der Waals surface area contributed by atoms with Crippen LogP contribution >= 0.6 is 0 Å². The maximum absolute atomic E-state index is 12.6. The molecule has 1 aromatic carbocycles. The van der Waals surface area contributed by atoms with Crippen LogP contribution in [-0.2, 0) is 11.2 Å². The minimum absolute atomic E-state index is 0.1000. The van der Waals surface area contributed by atoms with Gasteiger partial charge in [-0.25, -0.2) is 0 Å². The van der Waals surface area contributed by atoms with E-state index < -0.39 is 5.60 Å². The van der Waals surface area contributed by atoms with Crippen LogP contribution in [0.15, 0.2) is 18.2 Å². The Hall–Kier alpha value is -1.79. The topological polar surface area (TPSA) is 62.2 Å². The van der Waals surface area contributed by atoms with Crippen LogP contribution in [0.5, 0.6) is 11.5 Å². The molecule has 132 valence electrons. The lowest BCUT2D eigenvalue weighted by Crippen LogP contribution is -2.41. The molecule has 6 heteroatoms. The van der Waals surface area contributed by atoms with Crippen LogP contribution in [0.2, 0.25) is 0 Å². The molecule has 1 fully saturated rings. The number of nitrogens with zero attached hydrogens (tertiary/aromatic N) is 2. The Morgan fingerprint density at radius 2 is 2.04 bits per heavy atom. The summed E-state index contributed by atoms with van der Waals surface area (Å²) in [5, 5.41) is 10.7. The van der Waals surface area contributed by atoms with Gasteiger partial charge in [0.25, 0.3) is 0 Å². The number of fused-ring (bicyclic) bond motifs is 1. The fraction of sp³-hybridized carbons (Fsp3) is 0.611. The van der Waals surface area contributed by atoms with Crippen molar-refractivity contribution >= 4 is 5.91 Å². The molecule has 2 aliphatic heterocycles. The van der Waals surface area contributed by atoms with Gasteiger partial charge in [0, 0.05) is 19.6 Å². The van der Waals surface area contributed by atoms with Crippen LogP contribution in [0, 0.1) is 0 Å². The fourth-order valence-corrected chi connectivity index (χ4v) is 3.51. The van der Waals surface area contributed by atoms with Crippen molar-refractivity contribution < 1.29 is 19.4 Å². The SMILES string of the molecule is CN(C)C[C@@]1(O)CCCN(C(=O)Cc2ccc3c(c2)OCO3)CC1. The zero-order valence-electron chi connectivity index (χ0n) is 14.5. The summed E-state index contributed by atoms with van der Waals surface area (Å²) in [5.74, 6) is 1.54. The van der Waals surface area contributed by atoms with E-state index in [1.165, 1.54) is 0 Å². The first-order valence-corrected chi connectivity index (χ1v) is 8.49. The van der Waals surface area contributed by atoms with Gasteiger partial charge in [-0.3, -0.25) is 4.79 Å². The quantitative estimate of drug-likeness (QED) is 0.898. The van der Waals surface area contributed by atoms with Crippen LogP contribution in [0.1, 0.15) is 24.8 Å². The van der Waals surface area contributed by atoms with Gasteiger partial charge >= 0.3 is 0 Å². The molecule has 0 radical (unpaired) electrons. The lowest BCUT2D eigenvalue weighted by atomic mass is 9.94. The highest BCUT2D eigenvalue weighted by molar-refractivity contribution is 5.79. The number of amides is 1. The van der Waals surface area contributed by atoms with Gasteiger partial charge in [0.1, 0.15) is 0 Å². The van der Waals surface area contributed by atoms with E-state index in [0.29, 0.717) is 38.2 Å². The van der Waals surface area contributed by atoms with E-state index in [9.17, 15) is 9.90 Å². The summed E-state index contributed by atoms with van der Waals surface area (Å²) in [6.45, 7) is 2.19. The summed E-state index contributed by atoms with van der Waals surface area (Å²) in [4.78, 5) is 16.5. The molecule has 0 aromatic heterocycles. The summed E-state index contributed by atoms with van der Waals surface area (Å²) in [6.07, 6.45) is 2.54. The molecule has 0 spiro atoms. The Balaban J connectivity index is 1.59. The maximum atomic E-state index is 12.6. The maximum Gasteiger partial charge on any atom is 0.231 e. The van der Waals surface area contributed by atoms with E-state index in [4.69, 9.17) is 9.47 Å². The van der Waals surface area contributed by atoms with Gasteiger partial charge in [-0.05, 0) is 51.1 Å². The standard InChI is InChI=1S/C18H26N2O4/c1-19(2)12-18(22)6-3-8-20(9-7-18)17(21)11-14-4-5-15-16(10-14)24-13-23-15/h4-5,10,22H,3,6-9,11-13H2,1-2H3/t18-/m1/s1. The summed E-state index contributed by atoms with van der Waals surface area (Å²) in [7, 11) is 3.93. The zero-order valence-corrected chi connectivity index (χ0v) is 14.5. The third-order valence-corrected chi connectivity index (χ3v) is 4.67. The molecule has 1 N–H and O–H groups in total. The van der Waals surface area contributed by atoms with Crippen LogP contribution in [-0.4, -0.2) is 66.9 Å². The van der Waals surface area contributed by atoms with Crippen molar-refractivity contribution in [2.24, 2.45) is 0 Å². The molecule has 0 bridgehead atoms. The van der Waals surface area contributed by atoms with Crippen molar-refractivity contribution in [3.8, 4) is 11.5 Å². The van der Waals surface area contributed by atoms with Gasteiger partial charge < -0.3 is 24.4 Å². The number of rotatable bonds is 4. The molecule has 1 aromatic rings. The number of hydrogen-bond donors (Lipinski definition) is 1. The molecule has 2 heterocycles. The van der Waals surface area contributed by atoms with E-state index >= 15 is 0 Å². The monoisotopic (exact) mass is 334 g/mol. The van der Waals surface area contributed by atoms with Gasteiger partial charge in [0.15, 0.2) is 11.5 Å². The second kappa shape index (κ2) is 6.99. The Morgan fingerprint density at radius 3 is 2.83 bits per heavy atom. The molecule has 1 atom stereocenters. The number of carbonyl (C=O) groups is 1. The summed E-state index contributed by atoms with van der Waals surface area (Å²) in [6, 6.07) is 5.63. The van der Waals surface area contributed by atoms with E-state index in [0.717, 1.165) is 24.2 Å². The molecule has 6 nitrogen and oxygen atoms in total. The minimum atomic E-state index is -0.697. The molecular weight excluding hydrogens is 308 g/mol. The van der Waals surface area contributed by atoms with E-state index in [1.807, 2.05) is 42.1 Å². The van der Waals surface area contributed by atoms with Crippen LogP contribution < -0.4 is 9.47 Å². The van der Waals surface area contributed by atoms with E-state index in [1.54, 1.807) is 0 Å². The second-order valence-electron chi connectivity index (χ2n) is 7.06. The van der Waals surface area contributed by atoms with Gasteiger partial charge in [-0.1, -0.05) is 6.07 Å². The van der Waals surface area contributed by atoms with Gasteiger partial charge in [0.2, 0.25) is 12.7 Å². The lowest BCUT2D eigenvalue weighted by Gasteiger charge is -2.30. The summed E-state index contributed by atoms with van der Waals surface area (Å²) in [5.41, 5.74) is 0.231. The molecule has 24 heavy (non-hydrogen) atoms. The number of carbonyl (C=O) groups excluding carboxylic acids is 1. The Labute approximate surface area is 143 Å². The number of likely N-dealkylation sites (tertiary alicyclic amines) is 1. The third kappa shape index (κ3) is 3.99. The zero-order chi connectivity index (χ0) is 17.2. The number of ether oxygens (including phenoxy) is 2. The summed E-state index contributed by atoms with van der Waals surface area (Å²) >= 11 is 0. The van der Waals surface area contributed by atoms with Crippen molar-refractivity contribution in [3.05, 3.63) is 23.8 Å². The second-order valence-corrected chi connectivity index (χ2v) is 7.06. The Morgan fingerprint density at radius 1 is 1.25 bits per heavy atom. The minimum Gasteiger partial charge on any atom is -0.454 e. The highest BCUT2D eigenvalue weighted by Crippen LogP contribution is 2.32. The Bertz CT molecular complexity index is 605. The van der Waals surface area contributed by atoms with Gasteiger partial charge in [-0.2, -0.15) is 0 Å². The molecule has 0 unspecified atom stereocenters. The first kappa shape index (κ1) is 17.0. The lowest BCUT2D eigenvalue weighted by molar-refractivity contribution is -0.130. The van der Waals surface area contributed by atoms with Crippen molar-refractivity contribution in [2.75, 3.05) is 40.5 Å². The third-order valence-electron chi connectivity index (χ3n) is 4.67. The normalized spacial score (nSPS) is 23.4. The average molecular weight is 334 g/mol. The molecule has 0 saturated carbocycles. The van der Waals surface area contributed by atoms with Crippen LogP contribution in [0.25, 0.3) is 0 Å². The number of likely N-dealkylation sites (N-methyl/N-ethyl adjacent to an activating group) is 1. The highest BCUT2D eigenvalue weighted by Gasteiger charge is 2.32. The molecule has 0 aliphatic carbocycles. The van der Waals surface area contributed by atoms with Crippen molar-refractivity contribution in [1.29, 1.82) is 0 Å². The van der Waals surface area contributed by atoms with E-state index in [-0.39, 0.29) is 12.7 Å². The smallest absolute Gasteiger partial charge is 0.231 e. The Kier molecular flexibility index (Phi) is 4.96. The van der Waals surface area contributed by atoms with Crippen LogP contribution in [0.3, 0.4) is 0 Å². The predicted octanol–water partition coefficient (Wildman–Crippen LogP) is 1.26. The van der Waals surface area contributed by atoms with E-state index in [2.05, 4.69) is 0 Å². The van der Waals surface area contributed by atoms with Crippen molar-refractivity contribution in [2.45, 2.75) is 31.3 Å². The first-order chi connectivity index (χ1) is 11.5. The highest BCUT2D eigenvalue weighted by atomic mass is 16.7. The first-order valence-electron chi connectivity index (χ1n) is 8.49. The fourth-order valence-electron chi connectivity index (χ4n) is 3.51. The average Bonchev–Trinajstić information content (AvgIpc) is 2.88. The van der Waals surface area contributed by atoms with Crippen LogP contribution in [0.4, 0.5) is 0 Å². The molecule has 2 aliphatic rings. The number of hydrogen-bond acceptors (Lipinski definition) is 5.